The lowest BCUT2D eigenvalue weighted by atomic mass is 10.0. The first-order chi connectivity index (χ1) is 8.65. The van der Waals surface area contributed by atoms with Crippen molar-refractivity contribution < 1.29 is 4.74 Å². The number of hydrogen-bond acceptors (Lipinski definition) is 2. The average molecular weight is 306 g/mol. The summed E-state index contributed by atoms with van der Waals surface area (Å²) >= 11 is 3.61. The molecule has 2 aromatic carbocycles. The second-order valence-electron chi connectivity index (χ2n) is 4.23. The Morgan fingerprint density at radius 2 is 1.72 bits per heavy atom. The van der Waals surface area contributed by atoms with Crippen molar-refractivity contribution in [3.05, 3.63) is 46.9 Å². The first kappa shape index (κ1) is 13.0. The highest BCUT2D eigenvalue weighted by Crippen LogP contribution is 2.41. The molecule has 94 valence electrons. The van der Waals surface area contributed by atoms with Crippen LogP contribution >= 0.6 is 15.9 Å². The van der Waals surface area contributed by atoms with Crippen LogP contribution in [-0.4, -0.2) is 21.2 Å². The van der Waals surface area contributed by atoms with Crippen molar-refractivity contribution in [3.63, 3.8) is 0 Å². The number of halogens is 1. The fourth-order valence-corrected chi connectivity index (χ4v) is 2.48. The standard InChI is InChI=1S/C15H16BrNO/c1-17(2)13-9-6-10-14(18-3)15(13)11-7-4-5-8-12(11)16/h4-10H,1-3H3. The highest BCUT2D eigenvalue weighted by Gasteiger charge is 2.14. The molecular weight excluding hydrogens is 290 g/mol. The van der Waals surface area contributed by atoms with Crippen molar-refractivity contribution in [2.24, 2.45) is 0 Å². The number of anilines is 1. The average Bonchev–Trinajstić information content (AvgIpc) is 2.38. The molecule has 0 aliphatic heterocycles. The molecule has 0 aliphatic carbocycles. The highest BCUT2D eigenvalue weighted by atomic mass is 79.9. The molecule has 0 N–H and O–H groups in total. The van der Waals surface area contributed by atoms with E-state index in [0.717, 1.165) is 27.0 Å². The van der Waals surface area contributed by atoms with Crippen LogP contribution in [0.1, 0.15) is 0 Å². The van der Waals surface area contributed by atoms with E-state index in [2.05, 4.69) is 33.0 Å². The van der Waals surface area contributed by atoms with Crippen LogP contribution < -0.4 is 9.64 Å². The second-order valence-corrected chi connectivity index (χ2v) is 5.08. The molecule has 0 amide bonds. The Hall–Kier alpha value is -1.48. The first-order valence-corrected chi connectivity index (χ1v) is 6.53. The van der Waals surface area contributed by atoms with Crippen molar-refractivity contribution in [1.29, 1.82) is 0 Å². The van der Waals surface area contributed by atoms with Crippen LogP contribution in [0.3, 0.4) is 0 Å². The summed E-state index contributed by atoms with van der Waals surface area (Å²) in [6.45, 7) is 0. The van der Waals surface area contributed by atoms with Crippen LogP contribution in [0.25, 0.3) is 11.1 Å². The molecule has 0 fully saturated rings. The summed E-state index contributed by atoms with van der Waals surface area (Å²) in [5.41, 5.74) is 3.39. The number of benzene rings is 2. The molecule has 0 aromatic heterocycles. The summed E-state index contributed by atoms with van der Waals surface area (Å²) in [4.78, 5) is 2.09. The van der Waals surface area contributed by atoms with Gasteiger partial charge in [-0.3, -0.25) is 0 Å². The number of hydrogen-bond donors (Lipinski definition) is 0. The van der Waals surface area contributed by atoms with E-state index in [1.54, 1.807) is 7.11 Å². The Morgan fingerprint density at radius 1 is 1.00 bits per heavy atom. The number of rotatable bonds is 3. The largest absolute Gasteiger partial charge is 0.496 e. The Labute approximate surface area is 116 Å². The summed E-state index contributed by atoms with van der Waals surface area (Å²) in [7, 11) is 5.78. The predicted molar refractivity (Wildman–Crippen MR) is 80.5 cm³/mol. The summed E-state index contributed by atoms with van der Waals surface area (Å²) < 4.78 is 6.57. The molecule has 0 saturated heterocycles. The van der Waals surface area contributed by atoms with Crippen molar-refractivity contribution in [1.82, 2.24) is 0 Å². The summed E-state index contributed by atoms with van der Waals surface area (Å²) in [6.07, 6.45) is 0. The summed E-state index contributed by atoms with van der Waals surface area (Å²) in [5, 5.41) is 0. The monoisotopic (exact) mass is 305 g/mol. The quantitative estimate of drug-likeness (QED) is 0.843. The Bertz CT molecular complexity index is 552. The lowest BCUT2D eigenvalue weighted by molar-refractivity contribution is 0.416. The van der Waals surface area contributed by atoms with Gasteiger partial charge in [-0.1, -0.05) is 40.2 Å². The van der Waals surface area contributed by atoms with Gasteiger partial charge < -0.3 is 9.64 Å². The van der Waals surface area contributed by atoms with E-state index in [1.165, 1.54) is 0 Å². The molecule has 0 saturated carbocycles. The lowest BCUT2D eigenvalue weighted by Gasteiger charge is -2.20. The topological polar surface area (TPSA) is 12.5 Å². The van der Waals surface area contributed by atoms with Gasteiger partial charge in [0.05, 0.1) is 7.11 Å². The van der Waals surface area contributed by atoms with E-state index >= 15 is 0 Å². The van der Waals surface area contributed by atoms with Crippen molar-refractivity contribution >= 4 is 21.6 Å². The van der Waals surface area contributed by atoms with E-state index in [4.69, 9.17) is 4.74 Å². The van der Waals surface area contributed by atoms with E-state index in [0.29, 0.717) is 0 Å². The molecule has 3 heteroatoms. The third kappa shape index (κ3) is 2.36. The fourth-order valence-electron chi connectivity index (χ4n) is 2.00. The minimum atomic E-state index is 0.883. The highest BCUT2D eigenvalue weighted by molar-refractivity contribution is 9.10. The zero-order chi connectivity index (χ0) is 13.1. The van der Waals surface area contributed by atoms with E-state index in [-0.39, 0.29) is 0 Å². The molecule has 18 heavy (non-hydrogen) atoms. The molecular formula is C15H16BrNO. The Kier molecular flexibility index (Phi) is 3.92. The van der Waals surface area contributed by atoms with Gasteiger partial charge in [0.2, 0.25) is 0 Å². The minimum absolute atomic E-state index is 0.883. The van der Waals surface area contributed by atoms with Crippen LogP contribution in [0, 0.1) is 0 Å². The van der Waals surface area contributed by atoms with Gasteiger partial charge in [0, 0.05) is 35.4 Å². The van der Waals surface area contributed by atoms with E-state index in [1.807, 2.05) is 44.4 Å². The van der Waals surface area contributed by atoms with E-state index < -0.39 is 0 Å². The van der Waals surface area contributed by atoms with Crippen LogP contribution in [0.2, 0.25) is 0 Å². The molecule has 0 heterocycles. The SMILES string of the molecule is COc1cccc(N(C)C)c1-c1ccccc1Br. The van der Waals surface area contributed by atoms with Crippen LogP contribution in [0.4, 0.5) is 5.69 Å². The molecule has 2 nitrogen and oxygen atoms in total. The zero-order valence-electron chi connectivity index (χ0n) is 10.8. The molecule has 0 aliphatic rings. The Balaban J connectivity index is 2.72. The molecule has 0 spiro atoms. The normalized spacial score (nSPS) is 10.2. The number of nitrogens with zero attached hydrogens (tertiary/aromatic N) is 1. The molecule has 2 rings (SSSR count). The first-order valence-electron chi connectivity index (χ1n) is 5.74. The van der Waals surface area contributed by atoms with Gasteiger partial charge in [-0.2, -0.15) is 0 Å². The number of methoxy groups -OCH3 is 1. The van der Waals surface area contributed by atoms with Gasteiger partial charge >= 0.3 is 0 Å². The number of ether oxygens (including phenoxy) is 1. The van der Waals surface area contributed by atoms with Gasteiger partial charge in [-0.05, 0) is 18.2 Å². The third-order valence-corrected chi connectivity index (χ3v) is 3.54. The second kappa shape index (κ2) is 5.44. The maximum absolute atomic E-state index is 5.50. The molecule has 2 aromatic rings. The van der Waals surface area contributed by atoms with Gasteiger partial charge in [0.15, 0.2) is 0 Å². The van der Waals surface area contributed by atoms with Gasteiger partial charge in [0.25, 0.3) is 0 Å². The fraction of sp³-hybridized carbons (Fsp3) is 0.200. The van der Waals surface area contributed by atoms with Gasteiger partial charge in [0.1, 0.15) is 5.75 Å². The van der Waals surface area contributed by atoms with E-state index in [9.17, 15) is 0 Å². The maximum atomic E-state index is 5.50. The molecule has 0 bridgehead atoms. The van der Waals surface area contributed by atoms with Crippen LogP contribution in [0.5, 0.6) is 5.75 Å². The molecule has 0 unspecified atom stereocenters. The summed E-state index contributed by atoms with van der Waals surface area (Å²) in [5.74, 6) is 0.883. The van der Waals surface area contributed by atoms with Crippen LogP contribution in [0.15, 0.2) is 46.9 Å². The van der Waals surface area contributed by atoms with Crippen molar-refractivity contribution in [3.8, 4) is 16.9 Å². The molecule has 0 atom stereocenters. The van der Waals surface area contributed by atoms with Crippen molar-refractivity contribution in [2.75, 3.05) is 26.1 Å². The van der Waals surface area contributed by atoms with Crippen molar-refractivity contribution in [2.45, 2.75) is 0 Å². The maximum Gasteiger partial charge on any atom is 0.128 e. The predicted octanol–water partition coefficient (Wildman–Crippen LogP) is 4.19. The summed E-state index contributed by atoms with van der Waals surface area (Å²) in [6, 6.07) is 14.3. The zero-order valence-corrected chi connectivity index (χ0v) is 12.4. The molecule has 0 radical (unpaired) electrons. The van der Waals surface area contributed by atoms with Gasteiger partial charge in [-0.25, -0.2) is 0 Å². The van der Waals surface area contributed by atoms with Crippen LogP contribution in [-0.2, 0) is 0 Å². The minimum Gasteiger partial charge on any atom is -0.496 e. The smallest absolute Gasteiger partial charge is 0.128 e. The third-order valence-electron chi connectivity index (χ3n) is 2.85. The Morgan fingerprint density at radius 3 is 2.33 bits per heavy atom. The van der Waals surface area contributed by atoms with Gasteiger partial charge in [-0.15, -0.1) is 0 Å². The lowest BCUT2D eigenvalue weighted by Crippen LogP contribution is -2.10.